The summed E-state index contributed by atoms with van der Waals surface area (Å²) in [7, 11) is 0. The molecule has 0 aliphatic rings. The number of aliphatic hydroxyl groups is 1. The topological polar surface area (TPSA) is 75.6 Å². The quantitative estimate of drug-likeness (QED) is 0.499. The molecule has 0 aliphatic heterocycles. The van der Waals surface area contributed by atoms with Crippen molar-refractivity contribution in [1.82, 2.24) is 5.32 Å². The molecular formula is C18H26ClNO4. The Hall–Kier alpha value is -1.59. The molecule has 2 N–H and O–H groups in total. The SMILES string of the molecule is CC(C)NC(=O)C(CCc1ccccc1)CC(Cl)C(=O)OCCO. The molecule has 1 aromatic rings. The number of rotatable bonds is 10. The number of esters is 1. The highest BCUT2D eigenvalue weighted by Gasteiger charge is 2.27. The minimum Gasteiger partial charge on any atom is -0.462 e. The minimum atomic E-state index is -0.907. The summed E-state index contributed by atoms with van der Waals surface area (Å²) >= 11 is 6.09. The van der Waals surface area contributed by atoms with Gasteiger partial charge in [-0.2, -0.15) is 0 Å². The van der Waals surface area contributed by atoms with Crippen LogP contribution < -0.4 is 5.32 Å². The van der Waals surface area contributed by atoms with E-state index in [1.54, 1.807) is 0 Å². The van der Waals surface area contributed by atoms with Gasteiger partial charge in [-0.15, -0.1) is 11.6 Å². The van der Waals surface area contributed by atoms with Crippen molar-refractivity contribution in [3.63, 3.8) is 0 Å². The number of amides is 1. The maximum absolute atomic E-state index is 12.4. The van der Waals surface area contributed by atoms with Crippen LogP contribution in [-0.4, -0.2) is 41.6 Å². The zero-order valence-corrected chi connectivity index (χ0v) is 15.0. The molecule has 0 aromatic heterocycles. The Labute approximate surface area is 148 Å². The van der Waals surface area contributed by atoms with Crippen LogP contribution >= 0.6 is 11.6 Å². The fraction of sp³-hybridized carbons (Fsp3) is 0.556. The van der Waals surface area contributed by atoms with Gasteiger partial charge < -0.3 is 15.2 Å². The van der Waals surface area contributed by atoms with Crippen LogP contribution in [0.4, 0.5) is 0 Å². The molecule has 5 nitrogen and oxygen atoms in total. The summed E-state index contributed by atoms with van der Waals surface area (Å²) in [6, 6.07) is 9.88. The summed E-state index contributed by atoms with van der Waals surface area (Å²) in [5, 5.41) is 10.7. The monoisotopic (exact) mass is 355 g/mol. The van der Waals surface area contributed by atoms with Crippen molar-refractivity contribution in [2.75, 3.05) is 13.2 Å². The Morgan fingerprint density at radius 2 is 1.92 bits per heavy atom. The van der Waals surface area contributed by atoms with Gasteiger partial charge in [0.25, 0.3) is 0 Å². The highest BCUT2D eigenvalue weighted by atomic mass is 35.5. The fourth-order valence-electron chi connectivity index (χ4n) is 2.33. The average Bonchev–Trinajstić information content (AvgIpc) is 2.56. The molecule has 0 saturated carbocycles. The Morgan fingerprint density at radius 1 is 1.25 bits per heavy atom. The second-order valence-corrected chi connectivity index (χ2v) is 6.51. The van der Waals surface area contributed by atoms with Crippen LogP contribution in [0.5, 0.6) is 0 Å². The van der Waals surface area contributed by atoms with Crippen molar-refractivity contribution in [3.8, 4) is 0 Å². The molecule has 2 unspecified atom stereocenters. The molecule has 0 heterocycles. The predicted molar refractivity (Wildman–Crippen MR) is 93.8 cm³/mol. The number of aryl methyl sites for hydroxylation is 1. The average molecular weight is 356 g/mol. The first-order valence-electron chi connectivity index (χ1n) is 8.20. The summed E-state index contributed by atoms with van der Waals surface area (Å²) in [5.41, 5.74) is 1.13. The van der Waals surface area contributed by atoms with E-state index in [0.29, 0.717) is 6.42 Å². The van der Waals surface area contributed by atoms with Crippen LogP contribution in [0.1, 0.15) is 32.3 Å². The third kappa shape index (κ3) is 7.79. The number of ether oxygens (including phenoxy) is 1. The van der Waals surface area contributed by atoms with Gasteiger partial charge >= 0.3 is 5.97 Å². The number of carbonyl (C=O) groups is 2. The molecule has 1 rings (SSSR count). The maximum atomic E-state index is 12.4. The van der Waals surface area contributed by atoms with E-state index in [2.05, 4.69) is 5.32 Å². The molecule has 134 valence electrons. The molecule has 2 atom stereocenters. The fourth-order valence-corrected chi connectivity index (χ4v) is 2.60. The molecular weight excluding hydrogens is 330 g/mol. The van der Waals surface area contributed by atoms with Gasteiger partial charge in [0.05, 0.1) is 6.61 Å². The van der Waals surface area contributed by atoms with E-state index in [4.69, 9.17) is 21.4 Å². The maximum Gasteiger partial charge on any atom is 0.324 e. The number of aliphatic hydroxyl groups excluding tert-OH is 1. The zero-order chi connectivity index (χ0) is 17.9. The van der Waals surface area contributed by atoms with E-state index < -0.39 is 11.3 Å². The van der Waals surface area contributed by atoms with Crippen molar-refractivity contribution in [2.24, 2.45) is 5.92 Å². The first kappa shape index (κ1) is 20.5. The van der Waals surface area contributed by atoms with E-state index in [9.17, 15) is 9.59 Å². The Balaban J connectivity index is 2.66. The van der Waals surface area contributed by atoms with E-state index in [1.807, 2.05) is 44.2 Å². The number of carbonyl (C=O) groups excluding carboxylic acids is 2. The second kappa shape index (κ2) is 11.0. The summed E-state index contributed by atoms with van der Waals surface area (Å²) in [6.07, 6.45) is 1.53. The van der Waals surface area contributed by atoms with Gasteiger partial charge in [-0.1, -0.05) is 30.3 Å². The first-order chi connectivity index (χ1) is 11.4. The summed E-state index contributed by atoms with van der Waals surface area (Å²) in [5.74, 6) is -1.09. The molecule has 1 amide bonds. The van der Waals surface area contributed by atoms with Crippen molar-refractivity contribution >= 4 is 23.5 Å². The summed E-state index contributed by atoms with van der Waals surface area (Å²) in [6.45, 7) is 3.44. The number of nitrogens with one attached hydrogen (secondary N) is 1. The van der Waals surface area contributed by atoms with Gasteiger partial charge in [-0.25, -0.2) is 0 Å². The number of benzene rings is 1. The Kier molecular flexibility index (Phi) is 9.42. The smallest absolute Gasteiger partial charge is 0.324 e. The van der Waals surface area contributed by atoms with E-state index in [-0.39, 0.29) is 37.5 Å². The van der Waals surface area contributed by atoms with Gasteiger partial charge in [0.15, 0.2) is 0 Å². The highest BCUT2D eigenvalue weighted by molar-refractivity contribution is 6.30. The number of alkyl halides is 1. The number of halogens is 1. The lowest BCUT2D eigenvalue weighted by Gasteiger charge is -2.20. The van der Waals surface area contributed by atoms with Crippen molar-refractivity contribution in [2.45, 2.75) is 44.5 Å². The Morgan fingerprint density at radius 3 is 2.50 bits per heavy atom. The van der Waals surface area contributed by atoms with Gasteiger partial charge in [0.1, 0.15) is 12.0 Å². The predicted octanol–water partition coefficient (Wildman–Crippen LogP) is 2.29. The molecule has 6 heteroatoms. The van der Waals surface area contributed by atoms with Gasteiger partial charge in [-0.05, 0) is 38.7 Å². The van der Waals surface area contributed by atoms with E-state index in [1.165, 1.54) is 0 Å². The largest absolute Gasteiger partial charge is 0.462 e. The molecule has 1 aromatic carbocycles. The number of hydrogen-bond donors (Lipinski definition) is 2. The lowest BCUT2D eigenvalue weighted by atomic mass is 9.93. The van der Waals surface area contributed by atoms with Crippen molar-refractivity contribution in [1.29, 1.82) is 0 Å². The van der Waals surface area contributed by atoms with E-state index >= 15 is 0 Å². The summed E-state index contributed by atoms with van der Waals surface area (Å²) in [4.78, 5) is 24.1. The third-order valence-corrected chi connectivity index (χ3v) is 3.87. The van der Waals surface area contributed by atoms with Crippen LogP contribution in [0.15, 0.2) is 30.3 Å². The Bertz CT molecular complexity index is 507. The molecule has 0 fully saturated rings. The molecule has 0 bridgehead atoms. The van der Waals surface area contributed by atoms with Crippen LogP contribution in [0.2, 0.25) is 0 Å². The molecule has 0 saturated heterocycles. The highest BCUT2D eigenvalue weighted by Crippen LogP contribution is 2.20. The van der Waals surface area contributed by atoms with Crippen molar-refractivity contribution < 1.29 is 19.4 Å². The summed E-state index contributed by atoms with van der Waals surface area (Å²) < 4.78 is 4.82. The van der Waals surface area contributed by atoms with Crippen LogP contribution in [0.25, 0.3) is 0 Å². The van der Waals surface area contributed by atoms with Crippen LogP contribution in [0.3, 0.4) is 0 Å². The lowest BCUT2D eigenvalue weighted by Crippen LogP contribution is -2.38. The van der Waals surface area contributed by atoms with Gasteiger partial charge in [-0.3, -0.25) is 9.59 Å². The first-order valence-corrected chi connectivity index (χ1v) is 8.63. The van der Waals surface area contributed by atoms with Crippen LogP contribution in [-0.2, 0) is 20.7 Å². The van der Waals surface area contributed by atoms with Crippen LogP contribution in [0, 0.1) is 5.92 Å². The molecule has 24 heavy (non-hydrogen) atoms. The normalized spacial score (nSPS) is 13.4. The van der Waals surface area contributed by atoms with Gasteiger partial charge in [0.2, 0.25) is 5.91 Å². The molecule has 0 radical (unpaired) electrons. The lowest BCUT2D eigenvalue weighted by molar-refractivity contribution is -0.144. The second-order valence-electron chi connectivity index (χ2n) is 5.98. The van der Waals surface area contributed by atoms with Gasteiger partial charge in [0, 0.05) is 12.0 Å². The third-order valence-electron chi connectivity index (χ3n) is 3.51. The zero-order valence-electron chi connectivity index (χ0n) is 14.2. The molecule has 0 spiro atoms. The number of hydrogen-bond acceptors (Lipinski definition) is 4. The molecule has 0 aliphatic carbocycles. The van der Waals surface area contributed by atoms with Crippen molar-refractivity contribution in [3.05, 3.63) is 35.9 Å². The van der Waals surface area contributed by atoms with E-state index in [0.717, 1.165) is 12.0 Å². The minimum absolute atomic E-state index is 0.0202. The standard InChI is InChI=1S/C18H26ClNO4/c1-13(2)20-17(22)15(9-8-14-6-4-3-5-7-14)12-16(19)18(23)24-11-10-21/h3-7,13,15-16,21H,8-12H2,1-2H3,(H,20,22).